The maximum Gasteiger partial charge on any atom is 0.124 e. The molecule has 1 N–H and O–H groups in total. The number of halogens is 2. The van der Waals surface area contributed by atoms with Crippen LogP contribution in [-0.2, 0) is 13.2 Å². The van der Waals surface area contributed by atoms with Crippen LogP contribution in [0.2, 0.25) is 5.02 Å². The Morgan fingerprint density at radius 1 is 1.29 bits per heavy atom. The Morgan fingerprint density at radius 2 is 2.14 bits per heavy atom. The van der Waals surface area contributed by atoms with E-state index in [1.807, 2.05) is 18.2 Å². The van der Waals surface area contributed by atoms with Crippen LogP contribution in [0.1, 0.15) is 24.5 Å². The van der Waals surface area contributed by atoms with Gasteiger partial charge in [0.15, 0.2) is 0 Å². The average molecular weight is 370 g/mol. The third kappa shape index (κ3) is 4.99. The molecular weight excluding hydrogens is 352 g/mol. The SMILES string of the molecule is CCCNCc1cc(Br)ccc1OCc1ccncc1Cl. The Hall–Kier alpha value is -1.10. The number of ether oxygens (including phenoxy) is 1. The van der Waals surface area contributed by atoms with Gasteiger partial charge in [-0.3, -0.25) is 4.98 Å². The molecule has 0 fully saturated rings. The van der Waals surface area contributed by atoms with Crippen LogP contribution in [0.5, 0.6) is 5.75 Å². The maximum atomic E-state index is 6.10. The monoisotopic (exact) mass is 368 g/mol. The van der Waals surface area contributed by atoms with Crippen LogP contribution in [0.25, 0.3) is 0 Å². The molecule has 1 aromatic carbocycles. The summed E-state index contributed by atoms with van der Waals surface area (Å²) in [5.74, 6) is 0.870. The van der Waals surface area contributed by atoms with Crippen molar-refractivity contribution in [2.24, 2.45) is 0 Å². The van der Waals surface area contributed by atoms with Gasteiger partial charge in [-0.25, -0.2) is 0 Å². The fraction of sp³-hybridized carbons (Fsp3) is 0.312. The maximum absolute atomic E-state index is 6.10. The smallest absolute Gasteiger partial charge is 0.124 e. The van der Waals surface area contributed by atoms with Crippen molar-refractivity contribution in [3.05, 3.63) is 57.3 Å². The van der Waals surface area contributed by atoms with Gasteiger partial charge in [0.2, 0.25) is 0 Å². The molecule has 5 heteroatoms. The molecule has 0 amide bonds. The Kier molecular flexibility index (Phi) is 6.49. The van der Waals surface area contributed by atoms with Crippen LogP contribution in [-0.4, -0.2) is 11.5 Å². The third-order valence-corrected chi connectivity index (χ3v) is 3.84. The molecule has 1 aromatic heterocycles. The standard InChI is InChI=1S/C16H18BrClN2O/c1-2-6-19-9-13-8-14(17)3-4-16(13)21-11-12-5-7-20-10-15(12)18/h3-5,7-8,10,19H,2,6,9,11H2,1H3. The zero-order valence-electron chi connectivity index (χ0n) is 11.9. The van der Waals surface area contributed by atoms with Crippen molar-refractivity contribution < 1.29 is 4.74 Å². The van der Waals surface area contributed by atoms with Gasteiger partial charge in [0.25, 0.3) is 0 Å². The van der Waals surface area contributed by atoms with E-state index in [9.17, 15) is 0 Å². The number of aromatic nitrogens is 1. The van der Waals surface area contributed by atoms with Gasteiger partial charge in [0, 0.05) is 34.5 Å². The lowest BCUT2D eigenvalue weighted by molar-refractivity contribution is 0.302. The first-order valence-electron chi connectivity index (χ1n) is 6.91. The minimum absolute atomic E-state index is 0.434. The number of hydrogen-bond donors (Lipinski definition) is 1. The van der Waals surface area contributed by atoms with E-state index in [0.29, 0.717) is 11.6 Å². The van der Waals surface area contributed by atoms with Gasteiger partial charge in [-0.1, -0.05) is 34.5 Å². The molecule has 112 valence electrons. The normalized spacial score (nSPS) is 10.6. The third-order valence-electron chi connectivity index (χ3n) is 3.00. The number of pyridine rings is 1. The molecule has 21 heavy (non-hydrogen) atoms. The molecule has 0 aliphatic rings. The highest BCUT2D eigenvalue weighted by Crippen LogP contribution is 2.25. The molecule has 0 saturated heterocycles. The molecule has 0 bridgehead atoms. The van der Waals surface area contributed by atoms with Gasteiger partial charge in [-0.15, -0.1) is 0 Å². The van der Waals surface area contributed by atoms with E-state index >= 15 is 0 Å². The molecular formula is C16H18BrClN2O. The van der Waals surface area contributed by atoms with Crippen LogP contribution < -0.4 is 10.1 Å². The summed E-state index contributed by atoms with van der Waals surface area (Å²) in [6.07, 6.45) is 4.46. The summed E-state index contributed by atoms with van der Waals surface area (Å²) in [5.41, 5.74) is 2.06. The molecule has 1 heterocycles. The van der Waals surface area contributed by atoms with Crippen molar-refractivity contribution in [1.82, 2.24) is 10.3 Å². The Bertz CT molecular complexity index is 592. The highest BCUT2D eigenvalue weighted by atomic mass is 79.9. The van der Waals surface area contributed by atoms with Crippen molar-refractivity contribution in [1.29, 1.82) is 0 Å². The van der Waals surface area contributed by atoms with E-state index in [-0.39, 0.29) is 0 Å². The van der Waals surface area contributed by atoms with E-state index in [1.54, 1.807) is 12.4 Å². The Labute approximate surface area is 138 Å². The number of nitrogens with zero attached hydrogens (tertiary/aromatic N) is 1. The predicted octanol–water partition coefficient (Wildman–Crippen LogP) is 4.58. The average Bonchev–Trinajstić information content (AvgIpc) is 2.48. The number of benzene rings is 1. The van der Waals surface area contributed by atoms with Gasteiger partial charge in [0.05, 0.1) is 5.02 Å². The molecule has 2 aromatic rings. The fourth-order valence-corrected chi connectivity index (χ4v) is 2.49. The molecule has 0 unspecified atom stereocenters. The van der Waals surface area contributed by atoms with Crippen LogP contribution >= 0.6 is 27.5 Å². The zero-order valence-corrected chi connectivity index (χ0v) is 14.2. The van der Waals surface area contributed by atoms with E-state index in [1.165, 1.54) is 0 Å². The van der Waals surface area contributed by atoms with Crippen LogP contribution in [0.3, 0.4) is 0 Å². The largest absolute Gasteiger partial charge is 0.489 e. The van der Waals surface area contributed by atoms with Crippen LogP contribution in [0.4, 0.5) is 0 Å². The lowest BCUT2D eigenvalue weighted by Gasteiger charge is -2.13. The second-order valence-electron chi connectivity index (χ2n) is 4.68. The van der Waals surface area contributed by atoms with Gasteiger partial charge >= 0.3 is 0 Å². The quantitative estimate of drug-likeness (QED) is 0.726. The summed E-state index contributed by atoms with van der Waals surface area (Å²) in [6, 6.07) is 7.90. The Balaban J connectivity index is 2.06. The molecule has 0 aliphatic heterocycles. The molecule has 0 atom stereocenters. The summed E-state index contributed by atoms with van der Waals surface area (Å²) in [7, 11) is 0. The highest BCUT2D eigenvalue weighted by molar-refractivity contribution is 9.10. The number of hydrogen-bond acceptors (Lipinski definition) is 3. The fourth-order valence-electron chi connectivity index (χ4n) is 1.90. The van der Waals surface area contributed by atoms with Gasteiger partial charge in [-0.05, 0) is 37.2 Å². The zero-order chi connectivity index (χ0) is 15.1. The van der Waals surface area contributed by atoms with E-state index < -0.39 is 0 Å². The minimum atomic E-state index is 0.434. The molecule has 0 aliphatic carbocycles. The van der Waals surface area contributed by atoms with Crippen molar-refractivity contribution in [2.75, 3.05) is 6.54 Å². The summed E-state index contributed by atoms with van der Waals surface area (Å²) < 4.78 is 6.96. The summed E-state index contributed by atoms with van der Waals surface area (Å²) in [5, 5.41) is 4.02. The first-order valence-corrected chi connectivity index (χ1v) is 8.08. The van der Waals surface area contributed by atoms with E-state index in [2.05, 4.69) is 39.2 Å². The first-order chi connectivity index (χ1) is 10.2. The summed E-state index contributed by atoms with van der Waals surface area (Å²) in [4.78, 5) is 3.98. The van der Waals surface area contributed by atoms with Gasteiger partial charge in [0.1, 0.15) is 12.4 Å². The summed E-state index contributed by atoms with van der Waals surface area (Å²) >= 11 is 9.60. The van der Waals surface area contributed by atoms with Gasteiger partial charge < -0.3 is 10.1 Å². The molecule has 0 radical (unpaired) electrons. The first kappa shape index (κ1) is 16.3. The number of nitrogens with one attached hydrogen (secondary N) is 1. The second kappa shape index (κ2) is 8.37. The van der Waals surface area contributed by atoms with Crippen molar-refractivity contribution in [2.45, 2.75) is 26.5 Å². The minimum Gasteiger partial charge on any atom is -0.489 e. The second-order valence-corrected chi connectivity index (χ2v) is 6.01. The topological polar surface area (TPSA) is 34.1 Å². The van der Waals surface area contributed by atoms with Crippen molar-refractivity contribution in [3.8, 4) is 5.75 Å². The lowest BCUT2D eigenvalue weighted by Crippen LogP contribution is -2.14. The van der Waals surface area contributed by atoms with Crippen molar-refractivity contribution in [3.63, 3.8) is 0 Å². The van der Waals surface area contributed by atoms with Gasteiger partial charge in [-0.2, -0.15) is 0 Å². The molecule has 0 spiro atoms. The Morgan fingerprint density at radius 3 is 2.90 bits per heavy atom. The van der Waals surface area contributed by atoms with E-state index in [0.717, 1.165) is 40.9 Å². The summed E-state index contributed by atoms with van der Waals surface area (Å²) in [6.45, 7) is 4.36. The van der Waals surface area contributed by atoms with Crippen molar-refractivity contribution >= 4 is 27.5 Å². The molecule has 2 rings (SSSR count). The lowest BCUT2D eigenvalue weighted by atomic mass is 10.2. The molecule has 3 nitrogen and oxygen atoms in total. The van der Waals surface area contributed by atoms with Crippen LogP contribution in [0.15, 0.2) is 41.1 Å². The van der Waals surface area contributed by atoms with Crippen LogP contribution in [0, 0.1) is 0 Å². The number of rotatable bonds is 7. The van der Waals surface area contributed by atoms with E-state index in [4.69, 9.17) is 16.3 Å². The molecule has 0 saturated carbocycles. The highest BCUT2D eigenvalue weighted by Gasteiger charge is 2.06. The predicted molar refractivity (Wildman–Crippen MR) is 89.7 cm³/mol.